The number of hydrogen-bond acceptors (Lipinski definition) is 2. The molecule has 1 fully saturated rings. The first-order chi connectivity index (χ1) is 12.0. The lowest BCUT2D eigenvalue weighted by atomic mass is 10.1. The maximum atomic E-state index is 12.6. The van der Waals surface area contributed by atoms with Gasteiger partial charge in [0.05, 0.1) is 0 Å². The highest BCUT2D eigenvalue weighted by Crippen LogP contribution is 2.28. The molecule has 1 N–H and O–H groups in total. The average molecular weight is 357 g/mol. The van der Waals surface area contributed by atoms with Crippen molar-refractivity contribution in [1.82, 2.24) is 5.32 Å². The van der Waals surface area contributed by atoms with E-state index in [1.807, 2.05) is 50.2 Å². The molecular weight excluding hydrogens is 336 g/mol. The lowest BCUT2D eigenvalue weighted by molar-refractivity contribution is -0.132. The molecule has 130 valence electrons. The fourth-order valence-corrected chi connectivity index (χ4v) is 3.23. The summed E-state index contributed by atoms with van der Waals surface area (Å²) >= 11 is 6.05. The minimum absolute atomic E-state index is 0.150. The van der Waals surface area contributed by atoms with Crippen molar-refractivity contribution in [1.29, 1.82) is 0 Å². The molecule has 2 amide bonds. The van der Waals surface area contributed by atoms with Gasteiger partial charge in [0.25, 0.3) is 0 Å². The van der Waals surface area contributed by atoms with E-state index in [2.05, 4.69) is 5.32 Å². The van der Waals surface area contributed by atoms with Crippen LogP contribution >= 0.6 is 11.6 Å². The predicted octanol–water partition coefficient (Wildman–Crippen LogP) is 3.63. The molecule has 1 heterocycles. The highest BCUT2D eigenvalue weighted by atomic mass is 35.5. The number of halogens is 1. The number of carbonyl (C=O) groups excluding carboxylic acids is 2. The molecule has 0 aliphatic carbocycles. The van der Waals surface area contributed by atoms with Gasteiger partial charge in [0.1, 0.15) is 5.92 Å². The molecule has 5 heteroatoms. The first-order valence-corrected chi connectivity index (χ1v) is 8.74. The number of anilines is 1. The summed E-state index contributed by atoms with van der Waals surface area (Å²) < 4.78 is 0. The lowest BCUT2D eigenvalue weighted by Gasteiger charge is -2.17. The second-order valence-electron chi connectivity index (χ2n) is 6.47. The summed E-state index contributed by atoms with van der Waals surface area (Å²) in [6.07, 6.45) is 0.528. The summed E-state index contributed by atoms with van der Waals surface area (Å²) in [6.45, 7) is 4.89. The summed E-state index contributed by atoms with van der Waals surface area (Å²) in [5, 5.41) is 3.55. The van der Waals surface area contributed by atoms with Gasteiger partial charge in [-0.25, -0.2) is 0 Å². The van der Waals surface area contributed by atoms with Gasteiger partial charge in [0.2, 0.25) is 11.8 Å². The first-order valence-electron chi connectivity index (χ1n) is 8.36. The first kappa shape index (κ1) is 17.5. The van der Waals surface area contributed by atoms with Crippen molar-refractivity contribution in [2.24, 2.45) is 5.92 Å². The van der Waals surface area contributed by atoms with Crippen LogP contribution in [0.3, 0.4) is 0 Å². The van der Waals surface area contributed by atoms with Crippen LogP contribution in [-0.4, -0.2) is 18.4 Å². The molecular formula is C20H21ClN2O2. The Bertz CT molecular complexity index is 819. The summed E-state index contributed by atoms with van der Waals surface area (Å²) in [5.41, 5.74) is 3.89. The predicted molar refractivity (Wildman–Crippen MR) is 99.7 cm³/mol. The zero-order valence-corrected chi connectivity index (χ0v) is 15.1. The van der Waals surface area contributed by atoms with Crippen molar-refractivity contribution < 1.29 is 9.59 Å². The van der Waals surface area contributed by atoms with E-state index in [-0.39, 0.29) is 11.8 Å². The van der Waals surface area contributed by atoms with Crippen LogP contribution in [0, 0.1) is 19.8 Å². The van der Waals surface area contributed by atoms with Gasteiger partial charge in [-0.1, -0.05) is 41.4 Å². The SMILES string of the molecule is Cc1cccc(CNC(=O)C2CCN(c3ccc(Cl)c(C)c3)C2=O)c1. The highest BCUT2D eigenvalue weighted by molar-refractivity contribution is 6.31. The van der Waals surface area contributed by atoms with Crippen LogP contribution in [0.25, 0.3) is 0 Å². The summed E-state index contributed by atoms with van der Waals surface area (Å²) in [4.78, 5) is 26.7. The molecule has 0 bridgehead atoms. The van der Waals surface area contributed by atoms with Crippen molar-refractivity contribution in [3.8, 4) is 0 Å². The number of hydrogen-bond donors (Lipinski definition) is 1. The van der Waals surface area contributed by atoms with Gasteiger partial charge >= 0.3 is 0 Å². The molecule has 4 nitrogen and oxygen atoms in total. The van der Waals surface area contributed by atoms with E-state index in [1.165, 1.54) is 0 Å². The van der Waals surface area contributed by atoms with Crippen molar-refractivity contribution >= 4 is 29.1 Å². The monoisotopic (exact) mass is 356 g/mol. The molecule has 0 saturated carbocycles. The Hall–Kier alpha value is -2.33. The molecule has 1 aliphatic rings. The molecule has 0 spiro atoms. The Morgan fingerprint density at radius 1 is 1.24 bits per heavy atom. The topological polar surface area (TPSA) is 49.4 Å². The van der Waals surface area contributed by atoms with Crippen LogP contribution < -0.4 is 10.2 Å². The fourth-order valence-electron chi connectivity index (χ4n) is 3.11. The van der Waals surface area contributed by atoms with Gasteiger partial charge < -0.3 is 10.2 Å². The highest BCUT2D eigenvalue weighted by Gasteiger charge is 2.37. The average Bonchev–Trinajstić information content (AvgIpc) is 2.97. The number of nitrogens with zero attached hydrogens (tertiary/aromatic N) is 1. The summed E-state index contributed by atoms with van der Waals surface area (Å²) in [6, 6.07) is 13.4. The standard InChI is InChI=1S/C20H21ClN2O2/c1-13-4-3-5-15(10-13)12-22-19(24)17-8-9-23(20(17)25)16-6-7-18(21)14(2)11-16/h3-7,10-11,17H,8-9,12H2,1-2H3,(H,22,24). The normalized spacial score (nSPS) is 17.0. The number of benzene rings is 2. The molecule has 1 aliphatic heterocycles. The van der Waals surface area contributed by atoms with Crippen molar-refractivity contribution in [3.63, 3.8) is 0 Å². The van der Waals surface area contributed by atoms with Crippen LogP contribution in [-0.2, 0) is 16.1 Å². The Morgan fingerprint density at radius 2 is 2.04 bits per heavy atom. The molecule has 1 atom stereocenters. The van der Waals surface area contributed by atoms with E-state index in [4.69, 9.17) is 11.6 Å². The molecule has 2 aromatic rings. The Balaban J connectivity index is 1.64. The van der Waals surface area contributed by atoms with E-state index in [1.54, 1.807) is 11.0 Å². The quantitative estimate of drug-likeness (QED) is 0.850. The van der Waals surface area contributed by atoms with Crippen LogP contribution in [0.4, 0.5) is 5.69 Å². The second-order valence-corrected chi connectivity index (χ2v) is 6.88. The molecule has 25 heavy (non-hydrogen) atoms. The number of carbonyl (C=O) groups is 2. The van der Waals surface area contributed by atoms with Gasteiger partial charge in [-0.2, -0.15) is 0 Å². The molecule has 1 saturated heterocycles. The Kier molecular flexibility index (Phi) is 5.09. The zero-order valence-electron chi connectivity index (χ0n) is 14.4. The van der Waals surface area contributed by atoms with Crippen LogP contribution in [0.1, 0.15) is 23.1 Å². The van der Waals surface area contributed by atoms with Crippen LogP contribution in [0.5, 0.6) is 0 Å². The Labute approximate surface area is 152 Å². The molecule has 1 unspecified atom stereocenters. The van der Waals surface area contributed by atoms with Crippen molar-refractivity contribution in [3.05, 3.63) is 64.2 Å². The largest absolute Gasteiger partial charge is 0.351 e. The second kappa shape index (κ2) is 7.28. The molecule has 0 aromatic heterocycles. The van der Waals surface area contributed by atoms with E-state index in [0.29, 0.717) is 24.5 Å². The van der Waals surface area contributed by atoms with Gasteiger partial charge in [0, 0.05) is 23.8 Å². The van der Waals surface area contributed by atoms with Crippen LogP contribution in [0.15, 0.2) is 42.5 Å². The van der Waals surface area contributed by atoms with E-state index in [0.717, 1.165) is 22.4 Å². The van der Waals surface area contributed by atoms with Gasteiger partial charge in [-0.05, 0) is 49.6 Å². The number of nitrogens with one attached hydrogen (secondary N) is 1. The maximum Gasteiger partial charge on any atom is 0.239 e. The number of amides is 2. The number of rotatable bonds is 4. The van der Waals surface area contributed by atoms with Gasteiger partial charge in [0.15, 0.2) is 0 Å². The minimum atomic E-state index is -0.624. The molecule has 3 rings (SSSR count). The molecule has 2 aromatic carbocycles. The van der Waals surface area contributed by atoms with Crippen LogP contribution in [0.2, 0.25) is 5.02 Å². The third-order valence-corrected chi connectivity index (χ3v) is 4.95. The van der Waals surface area contributed by atoms with Gasteiger partial charge in [-0.15, -0.1) is 0 Å². The van der Waals surface area contributed by atoms with Crippen molar-refractivity contribution in [2.45, 2.75) is 26.8 Å². The molecule has 0 radical (unpaired) electrons. The summed E-state index contributed by atoms with van der Waals surface area (Å²) in [7, 11) is 0. The number of aryl methyl sites for hydroxylation is 2. The van der Waals surface area contributed by atoms with Crippen molar-refractivity contribution in [2.75, 3.05) is 11.4 Å². The Morgan fingerprint density at radius 3 is 2.76 bits per heavy atom. The van der Waals surface area contributed by atoms with Gasteiger partial charge in [-0.3, -0.25) is 9.59 Å². The lowest BCUT2D eigenvalue weighted by Crippen LogP contribution is -2.36. The third-order valence-electron chi connectivity index (χ3n) is 4.52. The minimum Gasteiger partial charge on any atom is -0.351 e. The van der Waals surface area contributed by atoms with E-state index < -0.39 is 5.92 Å². The van der Waals surface area contributed by atoms with E-state index >= 15 is 0 Å². The maximum absolute atomic E-state index is 12.6. The van der Waals surface area contributed by atoms with E-state index in [9.17, 15) is 9.59 Å². The fraction of sp³-hybridized carbons (Fsp3) is 0.300. The smallest absolute Gasteiger partial charge is 0.239 e. The third kappa shape index (κ3) is 3.85. The zero-order chi connectivity index (χ0) is 18.0. The summed E-state index contributed by atoms with van der Waals surface area (Å²) in [5.74, 6) is -0.982.